The third-order valence-electron chi connectivity index (χ3n) is 4.82. The summed E-state index contributed by atoms with van der Waals surface area (Å²) in [5, 5.41) is 5.41. The largest absolute Gasteiger partial charge is 0.350 e. The minimum absolute atomic E-state index is 0.0364. The van der Waals surface area contributed by atoms with E-state index >= 15 is 0 Å². The Morgan fingerprint density at radius 1 is 0.828 bits per heavy atom. The lowest BCUT2D eigenvalue weighted by molar-refractivity contribution is 0.0927. The molecule has 0 aromatic heterocycles. The van der Waals surface area contributed by atoms with E-state index in [1.807, 2.05) is 6.07 Å². The first-order valence-electron chi connectivity index (χ1n) is 9.69. The molecule has 0 heterocycles. The van der Waals surface area contributed by atoms with Gasteiger partial charge in [-0.15, -0.1) is 0 Å². The molecule has 0 saturated heterocycles. The fraction of sp³-hybridized carbons (Fsp3) is 0.333. The lowest BCUT2D eigenvalue weighted by atomic mass is 10.2. The number of carbonyl (C=O) groups is 2. The fourth-order valence-corrected chi connectivity index (χ4v) is 4.63. The molecule has 0 unspecified atom stereocenters. The first-order valence-corrected chi connectivity index (χ1v) is 11.2. The maximum Gasteiger partial charge on any atom is 0.251 e. The van der Waals surface area contributed by atoms with Gasteiger partial charge in [0, 0.05) is 30.3 Å². The fourth-order valence-electron chi connectivity index (χ4n) is 3.28. The number of hydrogen-bond acceptors (Lipinski definition) is 4. The van der Waals surface area contributed by atoms with Gasteiger partial charge in [-0.1, -0.05) is 37.1 Å². The summed E-state index contributed by atoms with van der Waals surface area (Å²) in [6, 6.07) is 14.7. The van der Waals surface area contributed by atoms with Crippen LogP contribution >= 0.6 is 0 Å². The van der Waals surface area contributed by atoms with Gasteiger partial charge in [0.15, 0.2) is 0 Å². The summed E-state index contributed by atoms with van der Waals surface area (Å²) >= 11 is 0. The van der Waals surface area contributed by atoms with Crippen LogP contribution in [0.1, 0.15) is 46.4 Å². The van der Waals surface area contributed by atoms with E-state index in [2.05, 4.69) is 15.4 Å². The number of hydrogen-bond donors (Lipinski definition) is 3. The molecule has 0 aliphatic heterocycles. The first kappa shape index (κ1) is 21.0. The van der Waals surface area contributed by atoms with Crippen LogP contribution in [0.25, 0.3) is 0 Å². The molecule has 2 amide bonds. The summed E-state index contributed by atoms with van der Waals surface area (Å²) in [4.78, 5) is 24.4. The van der Waals surface area contributed by atoms with Crippen LogP contribution in [0.5, 0.6) is 0 Å². The van der Waals surface area contributed by atoms with Gasteiger partial charge in [-0.25, -0.2) is 13.1 Å². The summed E-state index contributed by atoms with van der Waals surface area (Å²) in [5.74, 6) is -0.609. The van der Waals surface area contributed by atoms with Crippen molar-refractivity contribution in [2.45, 2.75) is 36.6 Å². The van der Waals surface area contributed by atoms with Gasteiger partial charge in [-0.2, -0.15) is 0 Å². The highest BCUT2D eigenvalue weighted by molar-refractivity contribution is 7.89. The van der Waals surface area contributed by atoms with E-state index in [1.165, 1.54) is 12.1 Å². The molecule has 0 atom stereocenters. The van der Waals surface area contributed by atoms with Crippen LogP contribution in [0.15, 0.2) is 59.5 Å². The van der Waals surface area contributed by atoms with E-state index < -0.39 is 15.9 Å². The minimum Gasteiger partial charge on any atom is -0.350 e. The van der Waals surface area contributed by atoms with Gasteiger partial charge < -0.3 is 10.6 Å². The second-order valence-electron chi connectivity index (χ2n) is 7.01. The molecule has 1 aliphatic carbocycles. The van der Waals surface area contributed by atoms with Gasteiger partial charge in [0.25, 0.3) is 11.8 Å². The van der Waals surface area contributed by atoms with Crippen LogP contribution in [0, 0.1) is 0 Å². The van der Waals surface area contributed by atoms with Crippen molar-refractivity contribution < 1.29 is 18.0 Å². The summed E-state index contributed by atoms with van der Waals surface area (Å²) in [6.45, 7) is 0.495. The molecule has 1 fully saturated rings. The molecule has 3 rings (SSSR count). The highest BCUT2D eigenvalue weighted by Gasteiger charge is 2.23. The predicted molar refractivity (Wildman–Crippen MR) is 110 cm³/mol. The second-order valence-corrected chi connectivity index (χ2v) is 8.72. The van der Waals surface area contributed by atoms with Crippen molar-refractivity contribution in [1.82, 2.24) is 15.4 Å². The van der Waals surface area contributed by atoms with Gasteiger partial charge in [0.1, 0.15) is 0 Å². The number of benzene rings is 2. The number of amides is 2. The Morgan fingerprint density at radius 3 is 2.07 bits per heavy atom. The van der Waals surface area contributed by atoms with Crippen molar-refractivity contribution in [2.24, 2.45) is 0 Å². The van der Waals surface area contributed by atoms with Gasteiger partial charge in [-0.3, -0.25) is 9.59 Å². The van der Waals surface area contributed by atoms with E-state index in [9.17, 15) is 18.0 Å². The number of rotatable bonds is 8. The summed E-state index contributed by atoms with van der Waals surface area (Å²) in [7, 11) is -3.65. The summed E-state index contributed by atoms with van der Waals surface area (Å²) in [5.41, 5.74) is 0.806. The van der Waals surface area contributed by atoms with Crippen LogP contribution in [0.4, 0.5) is 0 Å². The Hall–Kier alpha value is -2.71. The Bertz CT molecular complexity index is 955. The number of nitrogens with one attached hydrogen (secondary N) is 3. The standard InChI is InChI=1S/C21H25N3O4S/c25-20(16-7-2-1-3-8-16)22-13-14-23-21(26)17-9-6-12-19(15-17)29(27,28)24-18-10-4-5-11-18/h1-3,6-9,12,15,18,24H,4-5,10-11,13-14H2,(H,22,25)(H,23,26). The van der Waals surface area contributed by atoms with Crippen LogP contribution in [0.3, 0.4) is 0 Å². The molecule has 1 saturated carbocycles. The van der Waals surface area contributed by atoms with E-state index in [0.29, 0.717) is 5.56 Å². The van der Waals surface area contributed by atoms with Gasteiger partial charge in [0.2, 0.25) is 10.0 Å². The van der Waals surface area contributed by atoms with Crippen molar-refractivity contribution in [3.05, 3.63) is 65.7 Å². The van der Waals surface area contributed by atoms with Crippen molar-refractivity contribution in [3.8, 4) is 0 Å². The van der Waals surface area contributed by atoms with Crippen LogP contribution < -0.4 is 15.4 Å². The monoisotopic (exact) mass is 415 g/mol. The highest BCUT2D eigenvalue weighted by atomic mass is 32.2. The molecule has 8 heteroatoms. The van der Waals surface area contributed by atoms with Crippen LogP contribution in [0.2, 0.25) is 0 Å². The number of carbonyl (C=O) groups excluding carboxylic acids is 2. The molecule has 0 radical (unpaired) electrons. The van der Waals surface area contributed by atoms with Gasteiger partial charge >= 0.3 is 0 Å². The predicted octanol–water partition coefficient (Wildman–Crippen LogP) is 2.07. The van der Waals surface area contributed by atoms with E-state index in [1.54, 1.807) is 36.4 Å². The SMILES string of the molecule is O=C(NCCNC(=O)c1cccc(S(=O)(=O)NC2CCCC2)c1)c1ccccc1. The van der Waals surface area contributed by atoms with Crippen molar-refractivity contribution in [3.63, 3.8) is 0 Å². The van der Waals surface area contributed by atoms with Crippen molar-refractivity contribution in [2.75, 3.05) is 13.1 Å². The molecule has 0 spiro atoms. The highest BCUT2D eigenvalue weighted by Crippen LogP contribution is 2.20. The molecular formula is C21H25N3O4S. The van der Waals surface area contributed by atoms with E-state index in [0.717, 1.165) is 25.7 Å². The van der Waals surface area contributed by atoms with Crippen LogP contribution in [-0.2, 0) is 10.0 Å². The molecule has 29 heavy (non-hydrogen) atoms. The van der Waals surface area contributed by atoms with Crippen molar-refractivity contribution >= 4 is 21.8 Å². The minimum atomic E-state index is -3.65. The van der Waals surface area contributed by atoms with Crippen LogP contribution in [-0.4, -0.2) is 39.4 Å². The molecule has 154 valence electrons. The topological polar surface area (TPSA) is 104 Å². The molecule has 1 aliphatic rings. The Balaban J connectivity index is 1.52. The van der Waals surface area contributed by atoms with E-state index in [4.69, 9.17) is 0 Å². The average Bonchev–Trinajstić information content (AvgIpc) is 3.24. The normalized spacial score (nSPS) is 14.5. The third kappa shape index (κ3) is 5.88. The molecular weight excluding hydrogens is 390 g/mol. The molecule has 7 nitrogen and oxygen atoms in total. The van der Waals surface area contributed by atoms with Gasteiger partial charge in [-0.05, 0) is 43.2 Å². The Kier molecular flexibility index (Phi) is 7.00. The summed E-state index contributed by atoms with van der Waals surface area (Å²) < 4.78 is 27.8. The third-order valence-corrected chi connectivity index (χ3v) is 6.33. The Labute approximate surface area is 171 Å². The molecule has 3 N–H and O–H groups in total. The molecule has 0 bridgehead atoms. The zero-order valence-corrected chi connectivity index (χ0v) is 16.9. The molecule has 2 aromatic rings. The summed E-state index contributed by atoms with van der Waals surface area (Å²) in [6.07, 6.45) is 3.73. The lowest BCUT2D eigenvalue weighted by Gasteiger charge is -2.13. The second kappa shape index (κ2) is 9.67. The van der Waals surface area contributed by atoms with Crippen molar-refractivity contribution in [1.29, 1.82) is 0 Å². The molecule has 2 aromatic carbocycles. The zero-order valence-electron chi connectivity index (χ0n) is 16.1. The number of sulfonamides is 1. The maximum atomic E-state index is 12.5. The maximum absolute atomic E-state index is 12.5. The lowest BCUT2D eigenvalue weighted by Crippen LogP contribution is -2.35. The smallest absolute Gasteiger partial charge is 0.251 e. The Morgan fingerprint density at radius 2 is 1.41 bits per heavy atom. The zero-order chi connectivity index (χ0) is 20.7. The quantitative estimate of drug-likeness (QED) is 0.574. The first-order chi connectivity index (χ1) is 14.0. The average molecular weight is 416 g/mol. The van der Waals surface area contributed by atoms with E-state index in [-0.39, 0.29) is 35.5 Å². The van der Waals surface area contributed by atoms with Gasteiger partial charge in [0.05, 0.1) is 4.90 Å².